The van der Waals surface area contributed by atoms with Crippen molar-refractivity contribution in [1.82, 2.24) is 4.98 Å². The van der Waals surface area contributed by atoms with Crippen LogP contribution < -0.4 is 0 Å². The first-order chi connectivity index (χ1) is 6.68. The molecule has 0 aliphatic heterocycles. The van der Waals surface area contributed by atoms with E-state index < -0.39 is 0 Å². The van der Waals surface area contributed by atoms with Crippen molar-refractivity contribution in [2.24, 2.45) is 0 Å². The molecule has 74 valence electrons. The minimum atomic E-state index is 0.584. The number of aromatic nitrogens is 1. The Balaban J connectivity index is 2.39. The van der Waals surface area contributed by atoms with Crippen LogP contribution in [0.3, 0.4) is 0 Å². The van der Waals surface area contributed by atoms with Gasteiger partial charge in [0.15, 0.2) is 0 Å². The summed E-state index contributed by atoms with van der Waals surface area (Å²) in [7, 11) is 0. The fourth-order valence-corrected chi connectivity index (χ4v) is 3.16. The molecular formula is C11H13NS2. The lowest BCUT2D eigenvalue weighted by atomic mass is 10.2. The van der Waals surface area contributed by atoms with E-state index in [-0.39, 0.29) is 0 Å². The summed E-state index contributed by atoms with van der Waals surface area (Å²) in [6.45, 7) is 6.55. The lowest BCUT2D eigenvalue weighted by Crippen LogP contribution is -1.77. The number of nitrogens with zero attached hydrogens (tertiary/aromatic N) is 1. The van der Waals surface area contributed by atoms with Crippen molar-refractivity contribution < 1.29 is 0 Å². The molecule has 2 aromatic heterocycles. The maximum Gasteiger partial charge on any atom is 0.124 e. The Morgan fingerprint density at radius 1 is 1.29 bits per heavy atom. The van der Waals surface area contributed by atoms with Crippen LogP contribution in [0.1, 0.15) is 30.2 Å². The van der Waals surface area contributed by atoms with Crippen LogP contribution in [0.2, 0.25) is 0 Å². The third kappa shape index (κ3) is 1.74. The molecule has 0 unspecified atom stereocenters. The monoisotopic (exact) mass is 223 g/mol. The van der Waals surface area contributed by atoms with Crippen LogP contribution in [0.15, 0.2) is 17.0 Å². The van der Waals surface area contributed by atoms with E-state index in [4.69, 9.17) is 0 Å². The highest BCUT2D eigenvalue weighted by molar-refractivity contribution is 7.15. The molecule has 0 N–H and O–H groups in total. The Kier molecular flexibility index (Phi) is 2.70. The molecule has 1 nitrogen and oxygen atoms in total. The van der Waals surface area contributed by atoms with E-state index in [9.17, 15) is 0 Å². The molecule has 0 aliphatic rings. The Hall–Kier alpha value is -0.670. The molecule has 0 atom stereocenters. The normalized spacial score (nSPS) is 11.1. The molecule has 0 aliphatic carbocycles. The van der Waals surface area contributed by atoms with Gasteiger partial charge in [0, 0.05) is 22.0 Å². The average Bonchev–Trinajstić information content (AvgIpc) is 2.71. The molecule has 2 heterocycles. The van der Waals surface area contributed by atoms with Crippen LogP contribution >= 0.6 is 22.7 Å². The molecule has 2 rings (SSSR count). The second kappa shape index (κ2) is 3.83. The Bertz CT molecular complexity index is 426. The van der Waals surface area contributed by atoms with Crippen LogP contribution in [0, 0.1) is 6.92 Å². The molecule has 2 aromatic rings. The van der Waals surface area contributed by atoms with Crippen molar-refractivity contribution in [2.75, 3.05) is 0 Å². The average molecular weight is 223 g/mol. The summed E-state index contributed by atoms with van der Waals surface area (Å²) in [5.74, 6) is 0.584. The minimum absolute atomic E-state index is 0.584. The highest BCUT2D eigenvalue weighted by Crippen LogP contribution is 2.32. The predicted octanol–water partition coefficient (Wildman–Crippen LogP) is 4.30. The first kappa shape index (κ1) is 9.87. The van der Waals surface area contributed by atoms with Gasteiger partial charge >= 0.3 is 0 Å². The topological polar surface area (TPSA) is 12.9 Å². The minimum Gasteiger partial charge on any atom is -0.244 e. The summed E-state index contributed by atoms with van der Waals surface area (Å²) < 4.78 is 0. The van der Waals surface area contributed by atoms with Crippen LogP contribution in [0.4, 0.5) is 0 Å². The second-order valence-corrected chi connectivity index (χ2v) is 5.50. The van der Waals surface area contributed by atoms with Crippen molar-refractivity contribution in [3.63, 3.8) is 0 Å². The fraction of sp³-hybridized carbons (Fsp3) is 0.364. The highest BCUT2D eigenvalue weighted by Gasteiger charge is 2.09. The molecule has 0 saturated carbocycles. The van der Waals surface area contributed by atoms with E-state index >= 15 is 0 Å². The van der Waals surface area contributed by atoms with Crippen LogP contribution in [-0.2, 0) is 0 Å². The third-order valence-electron chi connectivity index (χ3n) is 2.18. The van der Waals surface area contributed by atoms with Crippen LogP contribution in [-0.4, -0.2) is 4.98 Å². The summed E-state index contributed by atoms with van der Waals surface area (Å²) in [6, 6.07) is 0. The van der Waals surface area contributed by atoms with E-state index in [0.717, 1.165) is 5.01 Å². The van der Waals surface area contributed by atoms with Gasteiger partial charge in [-0.2, -0.15) is 11.3 Å². The Labute approximate surface area is 92.4 Å². The van der Waals surface area contributed by atoms with Crippen molar-refractivity contribution in [1.29, 1.82) is 0 Å². The second-order valence-electron chi connectivity index (χ2n) is 3.69. The zero-order valence-electron chi connectivity index (χ0n) is 8.57. The summed E-state index contributed by atoms with van der Waals surface area (Å²) in [4.78, 5) is 5.83. The van der Waals surface area contributed by atoms with Gasteiger partial charge in [-0.1, -0.05) is 13.8 Å². The van der Waals surface area contributed by atoms with Crippen molar-refractivity contribution in [3.8, 4) is 10.6 Å². The smallest absolute Gasteiger partial charge is 0.124 e. The third-order valence-corrected chi connectivity index (χ3v) is 4.37. The summed E-state index contributed by atoms with van der Waals surface area (Å²) >= 11 is 3.55. The molecule has 0 bridgehead atoms. The zero-order valence-corrected chi connectivity index (χ0v) is 10.2. The Morgan fingerprint density at radius 3 is 2.57 bits per heavy atom. The van der Waals surface area contributed by atoms with Gasteiger partial charge in [-0.15, -0.1) is 11.3 Å². The van der Waals surface area contributed by atoms with E-state index in [1.807, 2.05) is 17.5 Å². The summed E-state index contributed by atoms with van der Waals surface area (Å²) in [5, 5.41) is 5.51. The largest absolute Gasteiger partial charge is 0.244 e. The van der Waals surface area contributed by atoms with Crippen molar-refractivity contribution in [2.45, 2.75) is 26.7 Å². The molecule has 0 fully saturated rings. The lowest BCUT2D eigenvalue weighted by molar-refractivity contribution is 0.885. The molecule has 3 heteroatoms. The molecule has 0 radical (unpaired) electrons. The number of thiophene rings is 1. The maximum atomic E-state index is 4.47. The first-order valence-corrected chi connectivity index (χ1v) is 6.43. The standard InChI is InChI=1S/C11H13NS2/c1-7(2)10-4-12-11(14-10)9-6-13-5-8(9)3/h4-7H,1-3H3. The first-order valence-electron chi connectivity index (χ1n) is 4.67. The van der Waals surface area contributed by atoms with Gasteiger partial charge in [-0.3, -0.25) is 0 Å². The number of aryl methyl sites for hydroxylation is 1. The number of hydrogen-bond donors (Lipinski definition) is 0. The molecule has 0 aromatic carbocycles. The van der Waals surface area contributed by atoms with E-state index in [1.165, 1.54) is 16.0 Å². The van der Waals surface area contributed by atoms with Gasteiger partial charge < -0.3 is 0 Å². The SMILES string of the molecule is Cc1cscc1-c1ncc(C(C)C)s1. The molecule has 0 spiro atoms. The van der Waals surface area contributed by atoms with E-state index in [2.05, 4.69) is 36.5 Å². The lowest BCUT2D eigenvalue weighted by Gasteiger charge is -1.96. The number of thiazole rings is 1. The van der Waals surface area contributed by atoms with Gasteiger partial charge in [0.1, 0.15) is 5.01 Å². The summed E-state index contributed by atoms with van der Waals surface area (Å²) in [5.41, 5.74) is 2.63. The zero-order chi connectivity index (χ0) is 10.1. The molecule has 0 saturated heterocycles. The summed E-state index contributed by atoms with van der Waals surface area (Å²) in [6.07, 6.45) is 2.00. The number of rotatable bonds is 2. The van der Waals surface area contributed by atoms with Gasteiger partial charge in [0.2, 0.25) is 0 Å². The Morgan fingerprint density at radius 2 is 2.07 bits per heavy atom. The fourth-order valence-electron chi connectivity index (χ4n) is 1.26. The molecule has 0 amide bonds. The van der Waals surface area contributed by atoms with Gasteiger partial charge in [-0.25, -0.2) is 4.98 Å². The van der Waals surface area contributed by atoms with E-state index in [1.54, 1.807) is 11.3 Å². The molecule has 14 heavy (non-hydrogen) atoms. The van der Waals surface area contributed by atoms with E-state index in [0.29, 0.717) is 5.92 Å². The van der Waals surface area contributed by atoms with Gasteiger partial charge in [0.05, 0.1) is 0 Å². The predicted molar refractivity (Wildman–Crippen MR) is 64.3 cm³/mol. The van der Waals surface area contributed by atoms with Crippen LogP contribution in [0.25, 0.3) is 10.6 Å². The number of hydrogen-bond acceptors (Lipinski definition) is 3. The van der Waals surface area contributed by atoms with Crippen molar-refractivity contribution in [3.05, 3.63) is 27.4 Å². The molecular weight excluding hydrogens is 210 g/mol. The maximum absolute atomic E-state index is 4.47. The van der Waals surface area contributed by atoms with Gasteiger partial charge in [-0.05, 0) is 23.8 Å². The van der Waals surface area contributed by atoms with Gasteiger partial charge in [0.25, 0.3) is 0 Å². The van der Waals surface area contributed by atoms with Crippen molar-refractivity contribution >= 4 is 22.7 Å². The highest BCUT2D eigenvalue weighted by atomic mass is 32.1. The quantitative estimate of drug-likeness (QED) is 0.739. The van der Waals surface area contributed by atoms with Crippen LogP contribution in [0.5, 0.6) is 0 Å².